The molecule has 0 spiro atoms. The second-order valence-electron chi connectivity index (χ2n) is 3.93. The average molecular weight is 258 g/mol. The zero-order valence-electron chi connectivity index (χ0n) is 10.2. The fourth-order valence-electron chi connectivity index (χ4n) is 1.57. The lowest BCUT2D eigenvalue weighted by atomic mass is 10.2. The number of aromatic nitrogens is 1. The van der Waals surface area contributed by atoms with Gasteiger partial charge in [-0.15, -0.1) is 0 Å². The van der Waals surface area contributed by atoms with Gasteiger partial charge in [0.2, 0.25) is 5.88 Å². The largest absolute Gasteiger partial charge is 0.439 e. The summed E-state index contributed by atoms with van der Waals surface area (Å²) in [5, 5.41) is 18.2. The summed E-state index contributed by atoms with van der Waals surface area (Å²) in [4.78, 5) is 4.00. The van der Waals surface area contributed by atoms with Crippen molar-refractivity contribution in [3.05, 3.63) is 53.5 Å². The van der Waals surface area contributed by atoms with E-state index in [4.69, 9.17) is 10.00 Å². The van der Waals surface area contributed by atoms with Crippen molar-refractivity contribution in [1.82, 2.24) is 4.98 Å². The van der Waals surface area contributed by atoms with Crippen LogP contribution in [0.5, 0.6) is 11.6 Å². The Morgan fingerprint density at radius 1 is 1.42 bits per heavy atom. The third-order valence-corrected chi connectivity index (χ3v) is 2.53. The van der Waals surface area contributed by atoms with Gasteiger partial charge in [0.15, 0.2) is 0 Å². The number of halogens is 1. The van der Waals surface area contributed by atoms with Gasteiger partial charge in [0.25, 0.3) is 0 Å². The molecule has 0 amide bonds. The number of aliphatic hydroxyl groups excluding tert-OH is 1. The molecule has 0 fully saturated rings. The van der Waals surface area contributed by atoms with E-state index in [1.54, 1.807) is 25.1 Å². The predicted molar refractivity (Wildman–Crippen MR) is 66.1 cm³/mol. The third-order valence-electron chi connectivity index (χ3n) is 2.53. The van der Waals surface area contributed by atoms with Gasteiger partial charge in [0.1, 0.15) is 17.6 Å². The number of hydrogen-bond donors (Lipinski definition) is 1. The second kappa shape index (κ2) is 5.46. The van der Waals surface area contributed by atoms with Gasteiger partial charge in [-0.05, 0) is 31.2 Å². The number of aliphatic hydroxyl groups is 1. The monoisotopic (exact) mass is 258 g/mol. The topological polar surface area (TPSA) is 66.1 Å². The molecule has 1 aromatic carbocycles. The molecule has 1 heterocycles. The van der Waals surface area contributed by atoms with Gasteiger partial charge in [-0.2, -0.15) is 5.26 Å². The molecule has 0 saturated carbocycles. The third kappa shape index (κ3) is 2.87. The Balaban J connectivity index is 2.32. The van der Waals surface area contributed by atoms with E-state index >= 15 is 0 Å². The van der Waals surface area contributed by atoms with Crippen LogP contribution in [0.1, 0.15) is 24.2 Å². The van der Waals surface area contributed by atoms with E-state index in [-0.39, 0.29) is 17.2 Å². The minimum Gasteiger partial charge on any atom is -0.439 e. The highest BCUT2D eigenvalue weighted by atomic mass is 19.1. The van der Waals surface area contributed by atoms with Crippen LogP contribution in [0.3, 0.4) is 0 Å². The number of hydrogen-bond acceptors (Lipinski definition) is 4. The maximum Gasteiger partial charge on any atom is 0.225 e. The summed E-state index contributed by atoms with van der Waals surface area (Å²) in [5.41, 5.74) is 0.455. The number of nitrogens with zero attached hydrogens (tertiary/aromatic N) is 2. The highest BCUT2D eigenvalue weighted by Gasteiger charge is 2.11. The van der Waals surface area contributed by atoms with Crippen molar-refractivity contribution in [2.45, 2.75) is 13.0 Å². The van der Waals surface area contributed by atoms with Crippen molar-refractivity contribution in [3.63, 3.8) is 0 Å². The van der Waals surface area contributed by atoms with E-state index in [1.807, 2.05) is 0 Å². The number of ether oxygens (including phenoxy) is 1. The molecule has 5 heteroatoms. The first-order chi connectivity index (χ1) is 9.11. The molecule has 4 nitrogen and oxygen atoms in total. The van der Waals surface area contributed by atoms with Crippen molar-refractivity contribution < 1.29 is 14.2 Å². The van der Waals surface area contributed by atoms with Gasteiger partial charge in [0, 0.05) is 17.8 Å². The summed E-state index contributed by atoms with van der Waals surface area (Å²) in [6.07, 6.45) is 0.772. The first-order valence-corrected chi connectivity index (χ1v) is 5.62. The van der Waals surface area contributed by atoms with Gasteiger partial charge in [-0.1, -0.05) is 0 Å². The Labute approximate surface area is 109 Å². The molecule has 0 saturated heterocycles. The van der Waals surface area contributed by atoms with Gasteiger partial charge in [0.05, 0.1) is 11.7 Å². The summed E-state index contributed by atoms with van der Waals surface area (Å²) in [6.45, 7) is 1.59. The van der Waals surface area contributed by atoms with Crippen LogP contribution in [-0.4, -0.2) is 10.1 Å². The van der Waals surface area contributed by atoms with Gasteiger partial charge < -0.3 is 9.84 Å². The number of rotatable bonds is 3. The molecule has 2 rings (SSSR count). The average Bonchev–Trinajstić information content (AvgIpc) is 2.39. The zero-order chi connectivity index (χ0) is 13.8. The molecular formula is C14H11FN2O2. The van der Waals surface area contributed by atoms with Gasteiger partial charge >= 0.3 is 0 Å². The van der Waals surface area contributed by atoms with E-state index < -0.39 is 11.9 Å². The molecule has 0 bridgehead atoms. The standard InChI is InChI=1S/C14H11FN2O2/c1-9(18)12-3-2-6-17-14(12)19-11-5-4-10(8-16)13(15)7-11/h2-7,9,18H,1H3/t9-/m1/s1. The summed E-state index contributed by atoms with van der Waals surface area (Å²) in [5.74, 6) is -0.228. The minimum absolute atomic E-state index is 0.0517. The molecule has 19 heavy (non-hydrogen) atoms. The number of pyridine rings is 1. The summed E-state index contributed by atoms with van der Waals surface area (Å²) < 4.78 is 18.9. The van der Waals surface area contributed by atoms with Crippen molar-refractivity contribution in [3.8, 4) is 17.7 Å². The highest BCUT2D eigenvalue weighted by Crippen LogP contribution is 2.27. The first-order valence-electron chi connectivity index (χ1n) is 5.62. The molecule has 0 unspecified atom stereocenters. The molecule has 2 aromatic rings. The molecule has 96 valence electrons. The second-order valence-corrected chi connectivity index (χ2v) is 3.93. The summed E-state index contributed by atoms with van der Waals surface area (Å²) in [7, 11) is 0. The van der Waals surface area contributed by atoms with Crippen molar-refractivity contribution in [2.75, 3.05) is 0 Å². The van der Waals surface area contributed by atoms with Crippen LogP contribution in [-0.2, 0) is 0 Å². The lowest BCUT2D eigenvalue weighted by Gasteiger charge is -2.11. The predicted octanol–water partition coefficient (Wildman–Crippen LogP) is 2.94. The van der Waals surface area contributed by atoms with Crippen LogP contribution in [0.2, 0.25) is 0 Å². The Morgan fingerprint density at radius 3 is 2.84 bits per heavy atom. The molecule has 0 radical (unpaired) electrons. The Hall–Kier alpha value is -2.45. The van der Waals surface area contributed by atoms with Crippen LogP contribution in [0.25, 0.3) is 0 Å². The van der Waals surface area contributed by atoms with E-state index in [9.17, 15) is 9.50 Å². The lowest BCUT2D eigenvalue weighted by molar-refractivity contribution is 0.194. The summed E-state index contributed by atoms with van der Waals surface area (Å²) in [6, 6.07) is 8.99. The fraction of sp³-hybridized carbons (Fsp3) is 0.143. The highest BCUT2D eigenvalue weighted by molar-refractivity contribution is 5.39. The first kappa shape index (κ1) is 13.0. The summed E-state index contributed by atoms with van der Waals surface area (Å²) >= 11 is 0. The normalized spacial score (nSPS) is 11.7. The number of nitriles is 1. The minimum atomic E-state index is -0.744. The van der Waals surface area contributed by atoms with E-state index in [0.29, 0.717) is 5.56 Å². The number of benzene rings is 1. The van der Waals surface area contributed by atoms with Gasteiger partial charge in [-0.3, -0.25) is 0 Å². The quantitative estimate of drug-likeness (QED) is 0.919. The van der Waals surface area contributed by atoms with Crippen LogP contribution in [0.15, 0.2) is 36.5 Å². The Morgan fingerprint density at radius 2 is 2.21 bits per heavy atom. The van der Waals surface area contributed by atoms with Crippen LogP contribution < -0.4 is 4.74 Å². The van der Waals surface area contributed by atoms with E-state index in [0.717, 1.165) is 6.07 Å². The Bertz CT molecular complexity index is 636. The molecule has 1 atom stereocenters. The van der Waals surface area contributed by atoms with Crippen molar-refractivity contribution >= 4 is 0 Å². The molecule has 0 aliphatic rings. The van der Waals surface area contributed by atoms with Crippen molar-refractivity contribution in [2.24, 2.45) is 0 Å². The van der Waals surface area contributed by atoms with E-state index in [2.05, 4.69) is 4.98 Å². The molecule has 0 aliphatic heterocycles. The smallest absolute Gasteiger partial charge is 0.225 e. The van der Waals surface area contributed by atoms with E-state index in [1.165, 1.54) is 18.3 Å². The maximum absolute atomic E-state index is 13.4. The van der Waals surface area contributed by atoms with Crippen LogP contribution in [0, 0.1) is 17.1 Å². The molecular weight excluding hydrogens is 247 g/mol. The Kier molecular flexibility index (Phi) is 3.74. The zero-order valence-corrected chi connectivity index (χ0v) is 10.2. The lowest BCUT2D eigenvalue weighted by Crippen LogP contribution is -1.98. The molecule has 1 N–H and O–H groups in total. The fourth-order valence-corrected chi connectivity index (χ4v) is 1.57. The maximum atomic E-state index is 13.4. The molecule has 0 aliphatic carbocycles. The van der Waals surface area contributed by atoms with Crippen molar-refractivity contribution in [1.29, 1.82) is 5.26 Å². The SMILES string of the molecule is C[C@@H](O)c1cccnc1Oc1ccc(C#N)c(F)c1. The van der Waals surface area contributed by atoms with Crippen LogP contribution in [0.4, 0.5) is 4.39 Å². The van der Waals surface area contributed by atoms with Crippen LogP contribution >= 0.6 is 0 Å². The van der Waals surface area contributed by atoms with Gasteiger partial charge in [-0.25, -0.2) is 9.37 Å². The molecule has 1 aromatic heterocycles.